The van der Waals surface area contributed by atoms with Gasteiger partial charge in [-0.2, -0.15) is 0 Å². The maximum Gasteiger partial charge on any atom is 0.187 e. The van der Waals surface area contributed by atoms with Gasteiger partial charge in [-0.1, -0.05) is 39.3 Å². The lowest BCUT2D eigenvalue weighted by molar-refractivity contribution is -0.384. The normalized spacial score (nSPS) is 57.4. The average Bonchev–Trinajstić information content (AvgIpc) is 3.76. The minimum atomic E-state index is -1.79. The van der Waals surface area contributed by atoms with Crippen LogP contribution in [-0.4, -0.2) is 176 Å². The number of rotatable bonds is 8. The Kier molecular flexibility index (Phi) is 12.2. The van der Waals surface area contributed by atoms with Crippen molar-refractivity contribution in [1.82, 2.24) is 0 Å². The molecule has 5 saturated heterocycles. The molecule has 360 valence electrons. The van der Waals surface area contributed by atoms with Crippen LogP contribution in [0.2, 0.25) is 0 Å². The van der Waals surface area contributed by atoms with Gasteiger partial charge in [0.25, 0.3) is 0 Å². The summed E-state index contributed by atoms with van der Waals surface area (Å²) in [6.45, 7) is 15.3. The van der Waals surface area contributed by atoms with Crippen LogP contribution < -0.4 is 0 Å². The van der Waals surface area contributed by atoms with E-state index in [1.165, 1.54) is 0 Å². The molecule has 0 amide bonds. The van der Waals surface area contributed by atoms with Gasteiger partial charge in [-0.3, -0.25) is 0 Å². The monoisotopic (exact) mass is 898 g/mol. The molecule has 0 aromatic heterocycles. The summed E-state index contributed by atoms with van der Waals surface area (Å²) in [5.41, 5.74) is -0.487. The molecule has 4 aliphatic carbocycles. The zero-order valence-electron chi connectivity index (χ0n) is 37.8. The SMILES string of the molecule is CC(C)=CC1COC23CC4(CO2)C(CCC2C5(C)CCC(OC6OCC(O)C(OC7OC(CO)C(O)C(O)C7O)C6OC6OCC(O)C(O)C6O)C(C)(C)C5CCC24C)C3C1(C)O. The molecule has 17 nitrogen and oxygen atoms in total. The standard InChI is InChI=1S/C46H74O17/c1-21(2)14-22-16-58-46-19-45(20-59-46)23(37(46)44(22,7)55)8-9-28-42(5)12-11-29(41(3,4)27(42)10-13-43(28,45)6)61-40-36(63-38-33(53)30(50)24(48)17-56-38)35(25(49)18-57-40)62-39-34(54)32(52)31(51)26(15-47)60-39/h14,22-40,47-55H,8-13,15-20H2,1-7H3. The van der Waals surface area contributed by atoms with Crippen LogP contribution in [0.4, 0.5) is 0 Å². The minimum absolute atomic E-state index is 0.0628. The van der Waals surface area contributed by atoms with E-state index in [1.54, 1.807) is 0 Å². The fourth-order valence-corrected chi connectivity index (χ4v) is 15.5. The third-order valence-electron chi connectivity index (χ3n) is 18.6. The second-order valence-electron chi connectivity index (χ2n) is 22.5. The lowest BCUT2D eigenvalue weighted by Gasteiger charge is -2.70. The van der Waals surface area contributed by atoms with Gasteiger partial charge < -0.3 is 83.9 Å². The molecule has 0 aromatic rings. The highest BCUT2D eigenvalue weighted by Gasteiger charge is 2.81. The first kappa shape index (κ1) is 47.1. The predicted octanol–water partition coefficient (Wildman–Crippen LogP) is 0.463. The minimum Gasteiger partial charge on any atom is -0.394 e. The first-order valence-electron chi connectivity index (χ1n) is 23.4. The van der Waals surface area contributed by atoms with Crippen molar-refractivity contribution in [2.45, 2.75) is 191 Å². The van der Waals surface area contributed by atoms with Gasteiger partial charge in [0.2, 0.25) is 0 Å². The maximum atomic E-state index is 12.4. The molecule has 17 heteroatoms. The van der Waals surface area contributed by atoms with E-state index < -0.39 is 103 Å². The summed E-state index contributed by atoms with van der Waals surface area (Å²) in [7, 11) is 0. The molecule has 9 fully saturated rings. The Hall–Kier alpha value is -0.940. The molecule has 9 rings (SSSR count). The number of allylic oxidation sites excluding steroid dienone is 1. The van der Waals surface area contributed by atoms with Gasteiger partial charge in [-0.15, -0.1) is 0 Å². The lowest BCUT2D eigenvalue weighted by Crippen LogP contribution is -2.68. The molecule has 0 radical (unpaired) electrons. The van der Waals surface area contributed by atoms with Crippen molar-refractivity contribution in [3.63, 3.8) is 0 Å². The van der Waals surface area contributed by atoms with Gasteiger partial charge >= 0.3 is 0 Å². The number of aliphatic hydroxyl groups excluding tert-OH is 8. The Morgan fingerprint density at radius 2 is 1.37 bits per heavy atom. The molecular formula is C46H74O17. The van der Waals surface area contributed by atoms with Gasteiger partial charge in [-0.05, 0) is 93.3 Å². The van der Waals surface area contributed by atoms with Crippen molar-refractivity contribution in [1.29, 1.82) is 0 Å². The van der Waals surface area contributed by atoms with E-state index >= 15 is 0 Å². The van der Waals surface area contributed by atoms with Crippen LogP contribution in [-0.2, 0) is 37.9 Å². The number of hydrogen-bond donors (Lipinski definition) is 9. The van der Waals surface area contributed by atoms with E-state index in [0.717, 1.165) is 44.1 Å². The van der Waals surface area contributed by atoms with Crippen molar-refractivity contribution in [2.75, 3.05) is 33.0 Å². The van der Waals surface area contributed by atoms with E-state index in [-0.39, 0.29) is 59.2 Å². The van der Waals surface area contributed by atoms with E-state index in [2.05, 4.69) is 47.6 Å². The van der Waals surface area contributed by atoms with Crippen LogP contribution >= 0.6 is 0 Å². The Balaban J connectivity index is 0.969. The number of ether oxygens (including phenoxy) is 8. The zero-order valence-corrected chi connectivity index (χ0v) is 37.8. The van der Waals surface area contributed by atoms with Gasteiger partial charge in [0, 0.05) is 23.7 Å². The summed E-state index contributed by atoms with van der Waals surface area (Å²) >= 11 is 0. The van der Waals surface area contributed by atoms with E-state index in [1.807, 2.05) is 6.92 Å². The highest BCUT2D eigenvalue weighted by Crippen LogP contribution is 2.80. The summed E-state index contributed by atoms with van der Waals surface area (Å²) < 4.78 is 50.4. The summed E-state index contributed by atoms with van der Waals surface area (Å²) in [6, 6.07) is 0. The lowest BCUT2D eigenvalue weighted by atomic mass is 9.35. The molecule has 5 aliphatic heterocycles. The Bertz CT molecular complexity index is 1710. The van der Waals surface area contributed by atoms with E-state index in [0.29, 0.717) is 25.6 Å². The highest BCUT2D eigenvalue weighted by atomic mass is 16.8. The first-order valence-corrected chi connectivity index (χ1v) is 23.4. The molecule has 24 unspecified atom stereocenters. The van der Waals surface area contributed by atoms with Gasteiger partial charge in [0.1, 0.15) is 61.0 Å². The van der Waals surface area contributed by atoms with Crippen LogP contribution in [0.1, 0.15) is 93.4 Å². The largest absolute Gasteiger partial charge is 0.394 e. The molecule has 24 atom stereocenters. The van der Waals surface area contributed by atoms with Crippen LogP contribution in [0.3, 0.4) is 0 Å². The molecule has 9 N–H and O–H groups in total. The van der Waals surface area contributed by atoms with Crippen molar-refractivity contribution < 1.29 is 83.9 Å². The third-order valence-corrected chi connectivity index (χ3v) is 18.6. The topological polar surface area (TPSA) is 256 Å². The molecule has 63 heavy (non-hydrogen) atoms. The van der Waals surface area contributed by atoms with Crippen LogP contribution in [0.25, 0.3) is 0 Å². The average molecular weight is 899 g/mol. The van der Waals surface area contributed by atoms with Gasteiger partial charge in [0.15, 0.2) is 24.7 Å². The Morgan fingerprint density at radius 3 is 2.08 bits per heavy atom. The summed E-state index contributed by atoms with van der Waals surface area (Å²) in [4.78, 5) is 0. The fourth-order valence-electron chi connectivity index (χ4n) is 15.5. The van der Waals surface area contributed by atoms with E-state index in [4.69, 9.17) is 37.9 Å². The van der Waals surface area contributed by atoms with Gasteiger partial charge in [-0.25, -0.2) is 0 Å². The fraction of sp³-hybridized carbons (Fsp3) is 0.957. The number of aliphatic hydroxyl groups is 9. The Labute approximate surface area is 369 Å². The van der Waals surface area contributed by atoms with Crippen LogP contribution in [0, 0.1) is 51.2 Å². The molecule has 2 spiro atoms. The second-order valence-corrected chi connectivity index (χ2v) is 22.5. The van der Waals surface area contributed by atoms with E-state index in [9.17, 15) is 46.0 Å². The highest BCUT2D eigenvalue weighted by molar-refractivity contribution is 5.27. The van der Waals surface area contributed by atoms with Crippen molar-refractivity contribution in [3.8, 4) is 0 Å². The molecule has 5 heterocycles. The summed E-state index contributed by atoms with van der Waals surface area (Å²) in [5.74, 6) is -0.141. The molecule has 0 aromatic carbocycles. The van der Waals surface area contributed by atoms with Crippen molar-refractivity contribution in [2.24, 2.45) is 51.2 Å². The smallest absolute Gasteiger partial charge is 0.187 e. The van der Waals surface area contributed by atoms with Crippen LogP contribution in [0.15, 0.2) is 11.6 Å². The van der Waals surface area contributed by atoms with Crippen molar-refractivity contribution >= 4 is 0 Å². The zero-order chi connectivity index (χ0) is 45.4. The maximum absolute atomic E-state index is 12.4. The first-order chi connectivity index (χ1) is 29.6. The van der Waals surface area contributed by atoms with Crippen LogP contribution in [0.5, 0.6) is 0 Å². The third kappa shape index (κ3) is 7.03. The second kappa shape index (κ2) is 16.4. The molecular weight excluding hydrogens is 824 g/mol. The van der Waals surface area contributed by atoms with Gasteiger partial charge in [0.05, 0.1) is 44.7 Å². The number of fused-ring (bicyclic) bond motifs is 4. The summed E-state index contributed by atoms with van der Waals surface area (Å²) in [6.07, 6.45) is -11.7. The molecule has 9 aliphatic rings. The molecule has 4 saturated carbocycles. The molecule has 2 bridgehead atoms. The Morgan fingerprint density at radius 1 is 0.683 bits per heavy atom. The quantitative estimate of drug-likeness (QED) is 0.119. The summed E-state index contributed by atoms with van der Waals surface area (Å²) in [5, 5.41) is 97.2. The predicted molar refractivity (Wildman–Crippen MR) is 219 cm³/mol. The van der Waals surface area contributed by atoms with Crippen molar-refractivity contribution in [3.05, 3.63) is 11.6 Å². The number of hydrogen-bond acceptors (Lipinski definition) is 17.